The Morgan fingerprint density at radius 1 is 1.00 bits per heavy atom. The summed E-state index contributed by atoms with van der Waals surface area (Å²) in [5.74, 6) is 1.48. The van der Waals surface area contributed by atoms with E-state index < -0.39 is 0 Å². The van der Waals surface area contributed by atoms with Gasteiger partial charge in [0.2, 0.25) is 0 Å². The van der Waals surface area contributed by atoms with E-state index in [0.717, 1.165) is 24.9 Å². The molecule has 1 N–H and O–H groups in total. The lowest BCUT2D eigenvalue weighted by molar-refractivity contribution is 0.386. The van der Waals surface area contributed by atoms with Gasteiger partial charge in [0.25, 0.3) is 0 Å². The third-order valence-corrected chi connectivity index (χ3v) is 4.05. The van der Waals surface area contributed by atoms with Crippen LogP contribution < -0.4 is 5.32 Å². The number of hydrogen-bond donors (Lipinski definition) is 1. The van der Waals surface area contributed by atoms with Gasteiger partial charge in [-0.15, -0.1) is 0 Å². The van der Waals surface area contributed by atoms with Gasteiger partial charge in [0.1, 0.15) is 0 Å². The van der Waals surface area contributed by atoms with Gasteiger partial charge >= 0.3 is 0 Å². The quantitative estimate of drug-likeness (QED) is 0.669. The highest BCUT2D eigenvalue weighted by atomic mass is 14.8. The van der Waals surface area contributed by atoms with Crippen LogP contribution in [0.5, 0.6) is 0 Å². The van der Waals surface area contributed by atoms with E-state index in [1.807, 2.05) is 0 Å². The maximum atomic E-state index is 3.61. The topological polar surface area (TPSA) is 12.0 Å². The van der Waals surface area contributed by atoms with Gasteiger partial charge in [-0.05, 0) is 60.5 Å². The second kappa shape index (κ2) is 8.19. The lowest BCUT2D eigenvalue weighted by Gasteiger charge is -2.20. The second-order valence-corrected chi connectivity index (χ2v) is 6.54. The van der Waals surface area contributed by atoms with Crippen LogP contribution in [0.2, 0.25) is 0 Å². The van der Waals surface area contributed by atoms with Crippen LogP contribution in [0.1, 0.15) is 39.2 Å². The van der Waals surface area contributed by atoms with E-state index >= 15 is 0 Å². The summed E-state index contributed by atoms with van der Waals surface area (Å²) in [6, 6.07) is 15.5. The minimum Gasteiger partial charge on any atom is -0.316 e. The van der Waals surface area contributed by atoms with Gasteiger partial charge in [-0.3, -0.25) is 0 Å². The smallest absolute Gasteiger partial charge is 0.00172 e. The van der Waals surface area contributed by atoms with Gasteiger partial charge in [-0.25, -0.2) is 0 Å². The maximum absolute atomic E-state index is 3.61. The lowest BCUT2D eigenvalue weighted by atomic mass is 9.89. The molecule has 0 aliphatic heterocycles. The zero-order chi connectivity index (χ0) is 15.1. The third-order valence-electron chi connectivity index (χ3n) is 4.05. The molecule has 1 nitrogen and oxygen atoms in total. The predicted molar refractivity (Wildman–Crippen MR) is 93.8 cm³/mol. The molecule has 1 heteroatoms. The molecule has 0 spiro atoms. The Kier molecular flexibility index (Phi) is 6.25. The molecule has 2 aromatic rings. The summed E-state index contributed by atoms with van der Waals surface area (Å²) in [7, 11) is 0. The summed E-state index contributed by atoms with van der Waals surface area (Å²) in [5.41, 5.74) is 1.50. The number of fused-ring (bicyclic) bond motifs is 1. The molecule has 0 bridgehead atoms. The molecule has 114 valence electrons. The standard InChI is InChI=1S/C20H29N/c1-4-12-21-15-17(13-16(2)3)14-19-10-7-9-18-8-5-6-11-20(18)19/h5-11,16-17,21H,4,12-15H2,1-3H3. The molecule has 0 aromatic heterocycles. The van der Waals surface area contributed by atoms with Crippen molar-refractivity contribution in [2.24, 2.45) is 11.8 Å². The van der Waals surface area contributed by atoms with E-state index in [1.54, 1.807) is 0 Å². The van der Waals surface area contributed by atoms with Crippen LogP contribution in [0.25, 0.3) is 10.8 Å². The van der Waals surface area contributed by atoms with Crippen molar-refractivity contribution in [2.75, 3.05) is 13.1 Å². The average molecular weight is 283 g/mol. The Morgan fingerprint density at radius 3 is 2.52 bits per heavy atom. The molecule has 2 rings (SSSR count). The first-order chi connectivity index (χ1) is 10.2. The molecule has 0 radical (unpaired) electrons. The summed E-state index contributed by atoms with van der Waals surface area (Å²) in [4.78, 5) is 0. The fourth-order valence-corrected chi connectivity index (χ4v) is 3.17. The summed E-state index contributed by atoms with van der Waals surface area (Å²) in [6.07, 6.45) is 3.68. The molecule has 1 atom stereocenters. The lowest BCUT2D eigenvalue weighted by Crippen LogP contribution is -2.26. The van der Waals surface area contributed by atoms with Crippen LogP contribution in [0, 0.1) is 11.8 Å². The SMILES string of the molecule is CCCNCC(Cc1cccc2ccccc12)CC(C)C. The Hall–Kier alpha value is -1.34. The molecule has 21 heavy (non-hydrogen) atoms. The van der Waals surface area contributed by atoms with Crippen molar-refractivity contribution in [3.8, 4) is 0 Å². The zero-order valence-corrected chi connectivity index (χ0v) is 13.7. The van der Waals surface area contributed by atoms with E-state index in [2.05, 4.69) is 68.6 Å². The van der Waals surface area contributed by atoms with Crippen molar-refractivity contribution in [3.05, 3.63) is 48.0 Å². The molecular weight excluding hydrogens is 254 g/mol. The predicted octanol–water partition coefficient (Wildman–Crippen LogP) is 5.04. The zero-order valence-electron chi connectivity index (χ0n) is 13.7. The first-order valence-electron chi connectivity index (χ1n) is 8.38. The molecule has 0 amide bonds. The molecule has 0 fully saturated rings. The van der Waals surface area contributed by atoms with Crippen LogP contribution in [0.3, 0.4) is 0 Å². The summed E-state index contributed by atoms with van der Waals surface area (Å²) < 4.78 is 0. The van der Waals surface area contributed by atoms with Crippen molar-refractivity contribution in [1.82, 2.24) is 5.32 Å². The van der Waals surface area contributed by atoms with E-state index in [0.29, 0.717) is 0 Å². The van der Waals surface area contributed by atoms with Gasteiger partial charge in [0.15, 0.2) is 0 Å². The summed E-state index contributed by atoms with van der Waals surface area (Å²) >= 11 is 0. The number of hydrogen-bond acceptors (Lipinski definition) is 1. The van der Waals surface area contributed by atoms with E-state index in [1.165, 1.54) is 35.6 Å². The van der Waals surface area contributed by atoms with Gasteiger partial charge < -0.3 is 5.32 Å². The minimum absolute atomic E-state index is 0.724. The van der Waals surface area contributed by atoms with Crippen molar-refractivity contribution in [1.29, 1.82) is 0 Å². The minimum atomic E-state index is 0.724. The molecule has 2 aromatic carbocycles. The molecule has 1 unspecified atom stereocenters. The van der Waals surface area contributed by atoms with E-state index in [9.17, 15) is 0 Å². The maximum Gasteiger partial charge on any atom is -0.00172 e. The fourth-order valence-electron chi connectivity index (χ4n) is 3.17. The Balaban J connectivity index is 2.13. The van der Waals surface area contributed by atoms with Gasteiger partial charge in [0.05, 0.1) is 0 Å². The monoisotopic (exact) mass is 283 g/mol. The van der Waals surface area contributed by atoms with Crippen LogP contribution in [-0.4, -0.2) is 13.1 Å². The second-order valence-electron chi connectivity index (χ2n) is 6.54. The molecule has 0 saturated carbocycles. The van der Waals surface area contributed by atoms with Crippen molar-refractivity contribution < 1.29 is 0 Å². The van der Waals surface area contributed by atoms with Crippen LogP contribution >= 0.6 is 0 Å². The Bertz CT molecular complexity index is 539. The van der Waals surface area contributed by atoms with Crippen molar-refractivity contribution in [2.45, 2.75) is 40.0 Å². The van der Waals surface area contributed by atoms with Crippen LogP contribution in [0.15, 0.2) is 42.5 Å². The Morgan fingerprint density at radius 2 is 1.76 bits per heavy atom. The van der Waals surface area contributed by atoms with Crippen molar-refractivity contribution in [3.63, 3.8) is 0 Å². The van der Waals surface area contributed by atoms with E-state index in [4.69, 9.17) is 0 Å². The molecular formula is C20H29N. The molecule has 0 aliphatic carbocycles. The fraction of sp³-hybridized carbons (Fsp3) is 0.500. The van der Waals surface area contributed by atoms with E-state index in [-0.39, 0.29) is 0 Å². The van der Waals surface area contributed by atoms with Gasteiger partial charge in [0, 0.05) is 0 Å². The average Bonchev–Trinajstić information content (AvgIpc) is 2.47. The van der Waals surface area contributed by atoms with Crippen molar-refractivity contribution >= 4 is 10.8 Å². The molecule has 0 aliphatic rings. The van der Waals surface area contributed by atoms with Gasteiger partial charge in [-0.2, -0.15) is 0 Å². The Labute approximate surface area is 129 Å². The molecule has 0 saturated heterocycles. The largest absolute Gasteiger partial charge is 0.316 e. The number of nitrogens with one attached hydrogen (secondary N) is 1. The number of rotatable bonds is 8. The van der Waals surface area contributed by atoms with Crippen LogP contribution in [-0.2, 0) is 6.42 Å². The normalized spacial score (nSPS) is 13.0. The number of benzene rings is 2. The third kappa shape index (κ3) is 4.86. The molecule has 0 heterocycles. The highest BCUT2D eigenvalue weighted by Crippen LogP contribution is 2.23. The highest BCUT2D eigenvalue weighted by molar-refractivity contribution is 5.85. The first-order valence-corrected chi connectivity index (χ1v) is 8.38. The highest BCUT2D eigenvalue weighted by Gasteiger charge is 2.13. The van der Waals surface area contributed by atoms with Crippen LogP contribution in [0.4, 0.5) is 0 Å². The summed E-state index contributed by atoms with van der Waals surface area (Å²) in [5, 5.41) is 6.39. The van der Waals surface area contributed by atoms with Gasteiger partial charge in [-0.1, -0.05) is 63.2 Å². The summed E-state index contributed by atoms with van der Waals surface area (Å²) in [6.45, 7) is 9.15. The first kappa shape index (κ1) is 16.0.